The minimum Gasteiger partial charge on any atom is -0.507 e. The molecule has 0 radical (unpaired) electrons. The molecule has 0 unspecified atom stereocenters. The van der Waals surface area contributed by atoms with E-state index in [1.165, 1.54) is 19.1 Å². The van der Waals surface area contributed by atoms with E-state index in [1.807, 2.05) is 13.0 Å². The lowest BCUT2D eigenvalue weighted by Gasteiger charge is -2.63. The number of rotatable bonds is 4. The van der Waals surface area contributed by atoms with E-state index in [4.69, 9.17) is 9.47 Å². The highest BCUT2D eigenvalue weighted by Crippen LogP contribution is 2.75. The van der Waals surface area contributed by atoms with E-state index >= 15 is 0 Å². The number of hydrogen-bond donors (Lipinski definition) is 1. The fourth-order valence-corrected chi connectivity index (χ4v) is 6.48. The lowest BCUT2D eigenvalue weighted by atomic mass is 9.43. The first-order valence-corrected chi connectivity index (χ1v) is 10.4. The van der Waals surface area contributed by atoms with Crippen LogP contribution in [0.2, 0.25) is 0 Å². The first-order chi connectivity index (χ1) is 13.1. The van der Waals surface area contributed by atoms with Gasteiger partial charge in [-0.25, -0.2) is 4.79 Å². The Bertz CT molecular complexity index is 866. The van der Waals surface area contributed by atoms with Gasteiger partial charge in [-0.05, 0) is 76.3 Å². The van der Waals surface area contributed by atoms with Crippen LogP contribution in [0.1, 0.15) is 80.8 Å². The number of methoxy groups -OCH3 is 1. The van der Waals surface area contributed by atoms with E-state index < -0.39 is 5.97 Å². The smallest absolute Gasteiger partial charge is 0.341 e. The SMILES string of the molecule is COC(=O)c1c(C)cc2c(c1O)[C@@H]1[C@H]3[C@H](CC[C@@]3(C)O2)[C@]1(C)CCC=C(C)C. The zero-order valence-electron chi connectivity index (χ0n) is 17.9. The first kappa shape index (κ1) is 19.4. The number of phenolic OH excluding ortho intramolecular Hbond substituents is 1. The zero-order chi connectivity index (χ0) is 20.4. The second kappa shape index (κ2) is 6.27. The van der Waals surface area contributed by atoms with Gasteiger partial charge in [-0.3, -0.25) is 0 Å². The Kier molecular flexibility index (Phi) is 4.33. The summed E-state index contributed by atoms with van der Waals surface area (Å²) in [5, 5.41) is 11.2. The van der Waals surface area contributed by atoms with Crippen LogP contribution in [0.5, 0.6) is 11.5 Å². The highest BCUT2D eigenvalue weighted by Gasteiger charge is 2.70. The normalized spacial score (nSPS) is 34.6. The fraction of sp³-hybridized carbons (Fsp3) is 0.625. The molecule has 28 heavy (non-hydrogen) atoms. The van der Waals surface area contributed by atoms with Gasteiger partial charge in [-0.15, -0.1) is 0 Å². The van der Waals surface area contributed by atoms with Crippen molar-refractivity contribution in [3.05, 3.63) is 34.4 Å². The second-order valence-electron chi connectivity index (χ2n) is 9.71. The molecular formula is C24H32O4. The number of carbonyl (C=O) groups excluding carboxylic acids is 1. The van der Waals surface area contributed by atoms with Gasteiger partial charge >= 0.3 is 5.97 Å². The molecule has 0 aromatic heterocycles. The number of benzene rings is 1. The summed E-state index contributed by atoms with van der Waals surface area (Å²) in [6, 6.07) is 1.92. The monoisotopic (exact) mass is 384 g/mol. The summed E-state index contributed by atoms with van der Waals surface area (Å²) in [6.07, 6.45) is 6.65. The minimum absolute atomic E-state index is 0.0627. The highest BCUT2D eigenvalue weighted by molar-refractivity contribution is 5.95. The van der Waals surface area contributed by atoms with E-state index in [0.29, 0.717) is 17.4 Å². The van der Waals surface area contributed by atoms with Crippen LogP contribution in [0, 0.1) is 24.2 Å². The molecule has 0 bridgehead atoms. The molecule has 1 N–H and O–H groups in total. The first-order valence-electron chi connectivity index (χ1n) is 10.4. The highest BCUT2D eigenvalue weighted by atomic mass is 16.5. The van der Waals surface area contributed by atoms with Crippen molar-refractivity contribution in [2.75, 3.05) is 7.11 Å². The zero-order valence-corrected chi connectivity index (χ0v) is 17.9. The summed E-state index contributed by atoms with van der Waals surface area (Å²) in [5.41, 5.74) is 3.07. The van der Waals surface area contributed by atoms with Crippen molar-refractivity contribution in [1.29, 1.82) is 0 Å². The number of hydrogen-bond acceptors (Lipinski definition) is 4. The summed E-state index contributed by atoms with van der Waals surface area (Å²) >= 11 is 0. The van der Waals surface area contributed by atoms with Crippen molar-refractivity contribution < 1.29 is 19.4 Å². The molecular weight excluding hydrogens is 352 g/mol. The topological polar surface area (TPSA) is 55.8 Å². The Balaban J connectivity index is 1.83. The molecule has 0 spiro atoms. The Hall–Kier alpha value is -1.97. The molecule has 0 amide bonds. The van der Waals surface area contributed by atoms with Crippen molar-refractivity contribution in [3.8, 4) is 11.5 Å². The number of aromatic hydroxyl groups is 1. The summed E-state index contributed by atoms with van der Waals surface area (Å²) < 4.78 is 11.4. The maximum absolute atomic E-state index is 12.3. The standard InChI is InChI=1S/C24H32O4/c1-13(2)8-7-10-23(4)15-9-11-24(5)19(15)20(23)18-16(28-24)12-14(3)17(21(18)25)22(26)27-6/h8,12,15,19-20,25H,7,9-11H2,1-6H3/t15-,19+,20+,23-,24+/m0/s1. The molecule has 152 valence electrons. The van der Waals surface area contributed by atoms with E-state index in [9.17, 15) is 9.90 Å². The van der Waals surface area contributed by atoms with Crippen molar-refractivity contribution in [1.82, 2.24) is 0 Å². The number of allylic oxidation sites excluding steroid dienone is 2. The van der Waals surface area contributed by atoms with Crippen LogP contribution in [-0.2, 0) is 4.74 Å². The maximum atomic E-state index is 12.3. The Morgan fingerprint density at radius 2 is 2.11 bits per heavy atom. The molecule has 4 heteroatoms. The largest absolute Gasteiger partial charge is 0.507 e. The molecule has 1 aliphatic heterocycles. The van der Waals surface area contributed by atoms with E-state index in [0.717, 1.165) is 30.6 Å². The number of aryl methyl sites for hydroxylation is 1. The average Bonchev–Trinajstić information content (AvgIpc) is 2.94. The number of carbonyl (C=O) groups is 1. The van der Waals surface area contributed by atoms with Crippen LogP contribution in [0.15, 0.2) is 17.7 Å². The predicted octanol–water partition coefficient (Wildman–Crippen LogP) is 5.51. The van der Waals surface area contributed by atoms with Gasteiger partial charge in [-0.2, -0.15) is 0 Å². The van der Waals surface area contributed by atoms with E-state index in [2.05, 4.69) is 33.8 Å². The third-order valence-electron chi connectivity index (χ3n) is 7.79. The van der Waals surface area contributed by atoms with Gasteiger partial charge in [0.1, 0.15) is 22.7 Å². The van der Waals surface area contributed by atoms with Crippen molar-refractivity contribution in [2.24, 2.45) is 17.3 Å². The molecule has 4 rings (SSSR count). The van der Waals surface area contributed by atoms with Crippen LogP contribution in [0.4, 0.5) is 0 Å². The van der Waals surface area contributed by atoms with Gasteiger partial charge in [0.15, 0.2) is 0 Å². The number of phenols is 1. The molecule has 2 fully saturated rings. The van der Waals surface area contributed by atoms with Crippen molar-refractivity contribution >= 4 is 5.97 Å². The predicted molar refractivity (Wildman–Crippen MR) is 109 cm³/mol. The van der Waals surface area contributed by atoms with Gasteiger partial charge in [0.2, 0.25) is 0 Å². The number of ether oxygens (including phenoxy) is 2. The summed E-state index contributed by atoms with van der Waals surface area (Å²) in [4.78, 5) is 12.3. The third kappa shape index (κ3) is 2.46. The van der Waals surface area contributed by atoms with Crippen LogP contribution < -0.4 is 4.74 Å². The molecule has 4 nitrogen and oxygen atoms in total. The molecule has 0 saturated heterocycles. The van der Waals surface area contributed by atoms with Crippen LogP contribution in [0.25, 0.3) is 0 Å². The Labute approximate surface area is 167 Å². The number of esters is 1. The fourth-order valence-electron chi connectivity index (χ4n) is 6.48. The quantitative estimate of drug-likeness (QED) is 0.549. The molecule has 2 saturated carbocycles. The third-order valence-corrected chi connectivity index (χ3v) is 7.79. The van der Waals surface area contributed by atoms with Gasteiger partial charge in [-0.1, -0.05) is 18.6 Å². The summed E-state index contributed by atoms with van der Waals surface area (Å²) in [5.74, 6) is 1.54. The van der Waals surface area contributed by atoms with Gasteiger partial charge in [0.25, 0.3) is 0 Å². The minimum atomic E-state index is -0.486. The molecule has 3 aliphatic rings. The van der Waals surface area contributed by atoms with E-state index in [1.54, 1.807) is 0 Å². The molecule has 5 atom stereocenters. The average molecular weight is 385 g/mol. The van der Waals surface area contributed by atoms with Crippen LogP contribution in [-0.4, -0.2) is 23.8 Å². The summed E-state index contributed by atoms with van der Waals surface area (Å²) in [7, 11) is 1.36. The summed E-state index contributed by atoms with van der Waals surface area (Å²) in [6.45, 7) is 10.7. The molecule has 1 heterocycles. The van der Waals surface area contributed by atoms with Crippen molar-refractivity contribution in [3.63, 3.8) is 0 Å². The lowest BCUT2D eigenvalue weighted by molar-refractivity contribution is -0.133. The molecule has 1 aromatic carbocycles. The molecule has 1 aromatic rings. The van der Waals surface area contributed by atoms with Gasteiger partial charge in [0.05, 0.1) is 7.11 Å². The van der Waals surface area contributed by atoms with Crippen LogP contribution in [0.3, 0.4) is 0 Å². The molecule has 2 aliphatic carbocycles. The maximum Gasteiger partial charge on any atom is 0.341 e. The lowest BCUT2D eigenvalue weighted by Crippen LogP contribution is -2.60. The Morgan fingerprint density at radius 3 is 2.75 bits per heavy atom. The van der Waals surface area contributed by atoms with Crippen molar-refractivity contribution in [2.45, 2.75) is 71.8 Å². The number of fused-ring (bicyclic) bond motifs is 2. The van der Waals surface area contributed by atoms with Crippen LogP contribution >= 0.6 is 0 Å². The Morgan fingerprint density at radius 1 is 1.39 bits per heavy atom. The van der Waals surface area contributed by atoms with Gasteiger partial charge < -0.3 is 14.6 Å². The van der Waals surface area contributed by atoms with E-state index in [-0.39, 0.29) is 28.2 Å². The van der Waals surface area contributed by atoms with Gasteiger partial charge in [0, 0.05) is 17.4 Å². The second-order valence-corrected chi connectivity index (χ2v) is 9.71.